The monoisotopic (exact) mass is 1530 g/mol. The van der Waals surface area contributed by atoms with Crippen molar-refractivity contribution in [3.63, 3.8) is 0 Å². The zero-order chi connectivity index (χ0) is 76.6. The predicted octanol–water partition coefficient (Wildman–Crippen LogP) is 21.6. The molecule has 0 fully saturated rings. The highest BCUT2D eigenvalue weighted by atomic mass is 19.2. The summed E-state index contributed by atoms with van der Waals surface area (Å²) < 4.78 is 594. The van der Waals surface area contributed by atoms with E-state index in [-0.39, 0.29) is 8.41 Å². The van der Waals surface area contributed by atoms with Crippen molar-refractivity contribution in [2.24, 2.45) is 0 Å². The van der Waals surface area contributed by atoms with E-state index < -0.39 is 342 Å². The highest BCUT2D eigenvalue weighted by Crippen LogP contribution is 2.51. The summed E-state index contributed by atoms with van der Waals surface area (Å²) in [6.07, 6.45) is 0. The summed E-state index contributed by atoms with van der Waals surface area (Å²) in [6.45, 7) is 0. The van der Waals surface area contributed by atoms with Gasteiger partial charge in [-0.25, -0.2) is 184 Å². The Morgan fingerprint density at radius 1 is 0.0680 bits per heavy atom. The van der Waals surface area contributed by atoms with Gasteiger partial charge in [0.25, 0.3) is 0 Å². The van der Waals surface area contributed by atoms with Crippen molar-refractivity contribution in [2.75, 3.05) is 0 Å². The first-order valence-electron chi connectivity index (χ1n) is 25.2. The largest absolute Gasteiger partial charge is 0.203 e. The second-order valence-electron chi connectivity index (χ2n) is 19.9. The lowest BCUT2D eigenvalue weighted by molar-refractivity contribution is 0.409. The maximum Gasteiger partial charge on any atom is 0.198 e. The third kappa shape index (κ3) is 10.4. The molecule has 12 aromatic rings. The standard InChI is InChI=1S/3C20F14.BH3/c3*21-7-1(3-5(11(25)15(7)29)13(27)19(33)17(31)9(3)23)2-4-6(12(26)16(30)8(2)22)14(28)20(34)18(32)10(4)24;/h;;;1H3. The second kappa shape index (κ2) is 26.0. The van der Waals surface area contributed by atoms with E-state index in [9.17, 15) is 184 Å². The Balaban J connectivity index is 0.000000179. The van der Waals surface area contributed by atoms with Gasteiger partial charge >= 0.3 is 0 Å². The molecule has 0 saturated carbocycles. The van der Waals surface area contributed by atoms with Gasteiger partial charge in [-0.05, 0) is 0 Å². The molecule has 0 atom stereocenters. The van der Waals surface area contributed by atoms with Crippen LogP contribution in [-0.4, -0.2) is 8.41 Å². The van der Waals surface area contributed by atoms with Gasteiger partial charge in [0.05, 0.1) is 40.7 Å². The first kappa shape index (κ1) is 76.5. The molecule has 0 heterocycles. The molecule has 540 valence electrons. The minimum Gasteiger partial charge on any atom is -0.203 e. The quantitative estimate of drug-likeness (QED) is 0.0716. The van der Waals surface area contributed by atoms with Crippen LogP contribution in [-0.2, 0) is 0 Å². The van der Waals surface area contributed by atoms with Crippen LogP contribution in [0.5, 0.6) is 0 Å². The van der Waals surface area contributed by atoms with Crippen LogP contribution in [0.3, 0.4) is 0 Å². The molecule has 0 aromatic heterocycles. The van der Waals surface area contributed by atoms with E-state index in [0.717, 1.165) is 0 Å². The summed E-state index contributed by atoms with van der Waals surface area (Å²) in [7, 11) is 0. The van der Waals surface area contributed by atoms with Crippen molar-refractivity contribution in [2.45, 2.75) is 0 Å². The minimum absolute atomic E-state index is 0. The molecule has 0 saturated heterocycles. The van der Waals surface area contributed by atoms with Gasteiger partial charge in [0.1, 0.15) is 0 Å². The van der Waals surface area contributed by atoms with Gasteiger partial charge in [0, 0.05) is 65.7 Å². The molecule has 103 heavy (non-hydrogen) atoms. The Kier molecular flexibility index (Phi) is 19.3. The zero-order valence-electron chi connectivity index (χ0n) is 45.9. The van der Waals surface area contributed by atoms with Crippen LogP contribution in [0, 0.1) is 244 Å². The van der Waals surface area contributed by atoms with E-state index in [1.807, 2.05) is 0 Å². The molecule has 12 rings (SSSR count). The van der Waals surface area contributed by atoms with E-state index >= 15 is 0 Å². The topological polar surface area (TPSA) is 0 Å². The number of benzene rings is 12. The molecule has 0 bridgehead atoms. The highest BCUT2D eigenvalue weighted by molar-refractivity contribution is 6.10. The lowest BCUT2D eigenvalue weighted by atomic mass is 9.90. The normalized spacial score (nSPS) is 11.7. The molecule has 12 aromatic carbocycles. The average molecular weight is 1530 g/mol. The van der Waals surface area contributed by atoms with Crippen LogP contribution in [0.15, 0.2) is 0 Å². The van der Waals surface area contributed by atoms with Gasteiger partial charge < -0.3 is 0 Å². The third-order valence-corrected chi connectivity index (χ3v) is 14.8. The van der Waals surface area contributed by atoms with Gasteiger partial charge in [-0.2, -0.15) is 0 Å². The maximum absolute atomic E-state index is 14.7. The van der Waals surface area contributed by atoms with Crippen molar-refractivity contribution in [3.8, 4) is 33.4 Å². The van der Waals surface area contributed by atoms with Crippen molar-refractivity contribution < 1.29 is 184 Å². The molecule has 0 nitrogen and oxygen atoms in total. The fraction of sp³-hybridized carbons (Fsp3) is 0. The summed E-state index contributed by atoms with van der Waals surface area (Å²) in [4.78, 5) is 0. The molecule has 0 aliphatic rings. The first-order valence-corrected chi connectivity index (χ1v) is 25.2. The first-order chi connectivity index (χ1) is 47.2. The number of halogens is 42. The van der Waals surface area contributed by atoms with Gasteiger partial charge in [0.15, 0.2) is 244 Å². The Morgan fingerprint density at radius 2 is 0.126 bits per heavy atom. The molecule has 43 heteroatoms. The van der Waals surface area contributed by atoms with Crippen LogP contribution >= 0.6 is 0 Å². The van der Waals surface area contributed by atoms with E-state index in [2.05, 4.69) is 0 Å². The highest BCUT2D eigenvalue weighted by Gasteiger charge is 2.42. The van der Waals surface area contributed by atoms with E-state index in [1.165, 1.54) is 0 Å². The molecule has 0 N–H and O–H groups in total. The summed E-state index contributed by atoms with van der Waals surface area (Å²) >= 11 is 0. The number of hydrogen-bond donors (Lipinski definition) is 0. The van der Waals surface area contributed by atoms with Gasteiger partial charge in [0.2, 0.25) is 0 Å². The summed E-state index contributed by atoms with van der Waals surface area (Å²) in [5.41, 5.74) is -13.9. The number of hydrogen-bond acceptors (Lipinski definition) is 0. The average Bonchev–Trinajstić information content (AvgIpc) is 0.719. The Labute approximate surface area is 534 Å². The summed E-state index contributed by atoms with van der Waals surface area (Å²) in [5.74, 6) is -117. The van der Waals surface area contributed by atoms with Crippen molar-refractivity contribution in [1.29, 1.82) is 0 Å². The van der Waals surface area contributed by atoms with Gasteiger partial charge in [-0.15, -0.1) is 0 Å². The minimum atomic E-state index is -2.87. The molecular weight excluding hydrogens is 1530 g/mol. The molecule has 0 radical (unpaired) electrons. The fourth-order valence-electron chi connectivity index (χ4n) is 10.4. The van der Waals surface area contributed by atoms with Gasteiger partial charge in [-0.1, -0.05) is 0 Å². The zero-order valence-corrected chi connectivity index (χ0v) is 45.9. The summed E-state index contributed by atoms with van der Waals surface area (Å²) in [5, 5.41) is -26.8. The van der Waals surface area contributed by atoms with Crippen molar-refractivity contribution in [1.82, 2.24) is 0 Å². The Hall–Kier alpha value is -10.7. The smallest absolute Gasteiger partial charge is 0.198 e. The molecule has 0 spiro atoms. The Morgan fingerprint density at radius 3 is 0.204 bits per heavy atom. The van der Waals surface area contributed by atoms with Crippen molar-refractivity contribution in [3.05, 3.63) is 244 Å². The fourth-order valence-corrected chi connectivity index (χ4v) is 10.4. The van der Waals surface area contributed by atoms with Crippen LogP contribution in [0.1, 0.15) is 0 Å². The van der Waals surface area contributed by atoms with Crippen LogP contribution in [0.4, 0.5) is 184 Å². The van der Waals surface area contributed by atoms with Crippen molar-refractivity contribution >= 4 is 73.0 Å². The molecule has 0 aliphatic carbocycles. The van der Waals surface area contributed by atoms with Crippen LogP contribution in [0.25, 0.3) is 98.0 Å². The summed E-state index contributed by atoms with van der Waals surface area (Å²) in [6, 6.07) is 0. The Bertz CT molecular complexity index is 4930. The second-order valence-corrected chi connectivity index (χ2v) is 19.9. The van der Waals surface area contributed by atoms with Crippen LogP contribution < -0.4 is 0 Å². The lowest BCUT2D eigenvalue weighted by Gasteiger charge is -2.17. The SMILES string of the molecule is B.Fc1c(F)c(F)c2c(-c3c(F)c(F)c(F)c4c(F)c(F)c(F)c(F)c34)c(F)c(F)c(F)c2c1F.Fc1c(F)c(F)c2c(-c3c(F)c(F)c(F)c4c(F)c(F)c(F)c(F)c34)c(F)c(F)c(F)c2c1F.Fc1c(F)c(F)c2c(-c3c(F)c(F)c(F)c4c(F)c(F)c(F)c(F)c34)c(F)c(F)c(F)c2c1F. The van der Waals surface area contributed by atoms with E-state index in [0.29, 0.717) is 0 Å². The predicted molar refractivity (Wildman–Crippen MR) is 269 cm³/mol. The lowest BCUT2D eigenvalue weighted by Crippen LogP contribution is -2.10. The molecule has 0 aliphatic heterocycles. The maximum atomic E-state index is 14.7. The molecule has 0 amide bonds. The van der Waals surface area contributed by atoms with E-state index in [4.69, 9.17) is 0 Å². The van der Waals surface area contributed by atoms with Crippen LogP contribution in [0.2, 0.25) is 0 Å². The molecular formula is C60H3BF42. The molecule has 0 unspecified atom stereocenters. The van der Waals surface area contributed by atoms with E-state index in [1.54, 1.807) is 0 Å². The van der Waals surface area contributed by atoms with Gasteiger partial charge in [-0.3, -0.25) is 0 Å². The number of rotatable bonds is 3. The number of fused-ring (bicyclic) bond motifs is 6. The third-order valence-electron chi connectivity index (χ3n) is 14.8.